The van der Waals surface area contributed by atoms with Gasteiger partial charge in [-0.15, -0.1) is 0 Å². The van der Waals surface area contributed by atoms with Crippen LogP contribution in [0.4, 0.5) is 5.69 Å². The zero-order valence-corrected chi connectivity index (χ0v) is 10.1. The predicted molar refractivity (Wildman–Crippen MR) is 67.2 cm³/mol. The van der Waals surface area contributed by atoms with Crippen LogP contribution in [0.1, 0.15) is 25.8 Å². The molecule has 0 aromatic heterocycles. The molecular weight excluding hydrogens is 218 g/mol. The van der Waals surface area contributed by atoms with Gasteiger partial charge in [-0.2, -0.15) is 0 Å². The number of phenols is 2. The average molecular weight is 235 g/mol. The van der Waals surface area contributed by atoms with Crippen molar-refractivity contribution in [2.24, 2.45) is 0 Å². The van der Waals surface area contributed by atoms with Gasteiger partial charge in [0.2, 0.25) is 0 Å². The van der Waals surface area contributed by atoms with Crippen LogP contribution in [0.25, 0.3) is 0 Å². The fourth-order valence-corrected chi connectivity index (χ4v) is 1.49. The maximum atomic E-state index is 11.5. The van der Waals surface area contributed by atoms with Crippen molar-refractivity contribution in [3.05, 3.63) is 29.8 Å². The number of aromatic hydroxyl groups is 2. The van der Waals surface area contributed by atoms with Gasteiger partial charge in [-0.3, -0.25) is 4.79 Å². The number of carbonyl (C=O) groups excluding carboxylic acids is 1. The molecule has 4 heteroatoms. The van der Waals surface area contributed by atoms with Crippen LogP contribution in [0.2, 0.25) is 0 Å². The topological polar surface area (TPSA) is 69.6 Å². The molecular formula is C13H17NO3. The van der Waals surface area contributed by atoms with Crippen molar-refractivity contribution in [2.75, 3.05) is 5.32 Å². The van der Waals surface area contributed by atoms with E-state index < -0.39 is 0 Å². The normalized spacial score (nSPS) is 10.0. The molecule has 1 rings (SSSR count). The summed E-state index contributed by atoms with van der Waals surface area (Å²) in [7, 11) is 0. The Bertz CT molecular complexity index is 452. The molecule has 0 atom stereocenters. The minimum absolute atomic E-state index is 0.0548. The third kappa shape index (κ3) is 3.00. The molecule has 4 nitrogen and oxygen atoms in total. The molecule has 1 aromatic rings. The number of anilines is 1. The molecule has 0 spiro atoms. The number of amides is 1. The van der Waals surface area contributed by atoms with Crippen LogP contribution in [0.15, 0.2) is 24.3 Å². The van der Waals surface area contributed by atoms with Crippen molar-refractivity contribution in [2.45, 2.75) is 26.7 Å². The van der Waals surface area contributed by atoms with Crippen LogP contribution >= 0.6 is 0 Å². The first-order valence-electron chi connectivity index (χ1n) is 5.48. The van der Waals surface area contributed by atoms with E-state index in [2.05, 4.69) is 11.9 Å². The highest BCUT2D eigenvalue weighted by atomic mass is 16.3. The summed E-state index contributed by atoms with van der Waals surface area (Å²) in [6.45, 7) is 7.05. The van der Waals surface area contributed by atoms with Gasteiger partial charge >= 0.3 is 0 Å². The number of carbonyl (C=O) groups is 1. The van der Waals surface area contributed by atoms with Gasteiger partial charge in [-0.1, -0.05) is 19.9 Å². The van der Waals surface area contributed by atoms with E-state index in [1.807, 2.05) is 6.92 Å². The SMILES string of the molecule is C=C(C)C(=O)Nc1c(O)ccc(O)c1CCC. The Morgan fingerprint density at radius 1 is 1.35 bits per heavy atom. The fourth-order valence-electron chi connectivity index (χ4n) is 1.49. The first-order valence-corrected chi connectivity index (χ1v) is 5.48. The molecule has 0 aliphatic rings. The van der Waals surface area contributed by atoms with E-state index in [0.29, 0.717) is 17.6 Å². The van der Waals surface area contributed by atoms with Crippen molar-refractivity contribution in [1.82, 2.24) is 0 Å². The highest BCUT2D eigenvalue weighted by molar-refractivity contribution is 6.04. The van der Waals surface area contributed by atoms with Gasteiger partial charge in [0.15, 0.2) is 0 Å². The van der Waals surface area contributed by atoms with E-state index in [-0.39, 0.29) is 23.1 Å². The van der Waals surface area contributed by atoms with Gasteiger partial charge in [0.05, 0.1) is 5.69 Å². The summed E-state index contributed by atoms with van der Waals surface area (Å²) in [5.74, 6) is -0.356. The third-order valence-electron chi connectivity index (χ3n) is 2.39. The lowest BCUT2D eigenvalue weighted by Gasteiger charge is -2.13. The van der Waals surface area contributed by atoms with Gasteiger partial charge in [0, 0.05) is 11.1 Å². The van der Waals surface area contributed by atoms with E-state index in [0.717, 1.165) is 6.42 Å². The molecule has 0 fully saturated rings. The molecule has 0 saturated heterocycles. The molecule has 17 heavy (non-hydrogen) atoms. The highest BCUT2D eigenvalue weighted by Crippen LogP contribution is 2.35. The van der Waals surface area contributed by atoms with Crippen molar-refractivity contribution in [3.8, 4) is 11.5 Å². The maximum Gasteiger partial charge on any atom is 0.250 e. The summed E-state index contributed by atoms with van der Waals surface area (Å²) in [5.41, 5.74) is 1.15. The number of hydrogen-bond acceptors (Lipinski definition) is 3. The Kier molecular flexibility index (Phi) is 4.15. The van der Waals surface area contributed by atoms with Crippen LogP contribution in [-0.2, 0) is 11.2 Å². The van der Waals surface area contributed by atoms with E-state index in [9.17, 15) is 15.0 Å². The van der Waals surface area contributed by atoms with Crippen molar-refractivity contribution >= 4 is 11.6 Å². The monoisotopic (exact) mass is 235 g/mol. The van der Waals surface area contributed by atoms with Gasteiger partial charge in [-0.05, 0) is 25.5 Å². The van der Waals surface area contributed by atoms with Crippen LogP contribution in [0.3, 0.4) is 0 Å². The van der Waals surface area contributed by atoms with E-state index in [4.69, 9.17) is 0 Å². The van der Waals surface area contributed by atoms with E-state index in [1.54, 1.807) is 6.92 Å². The third-order valence-corrected chi connectivity index (χ3v) is 2.39. The fraction of sp³-hybridized carbons (Fsp3) is 0.308. The summed E-state index contributed by atoms with van der Waals surface area (Å²) >= 11 is 0. The molecule has 1 aromatic carbocycles. The van der Waals surface area contributed by atoms with Gasteiger partial charge in [0.25, 0.3) is 5.91 Å². The lowest BCUT2D eigenvalue weighted by molar-refractivity contribution is -0.112. The molecule has 1 amide bonds. The summed E-state index contributed by atoms with van der Waals surface area (Å²) < 4.78 is 0. The number of rotatable bonds is 4. The van der Waals surface area contributed by atoms with Gasteiger partial charge in [-0.25, -0.2) is 0 Å². The molecule has 0 aliphatic carbocycles. The molecule has 0 bridgehead atoms. The number of nitrogens with one attached hydrogen (secondary N) is 1. The van der Waals surface area contributed by atoms with Crippen LogP contribution in [0.5, 0.6) is 11.5 Å². The van der Waals surface area contributed by atoms with Crippen LogP contribution < -0.4 is 5.32 Å². The molecule has 0 unspecified atom stereocenters. The Balaban J connectivity index is 3.15. The first-order chi connectivity index (χ1) is 7.97. The predicted octanol–water partition coefficient (Wildman–Crippen LogP) is 2.56. The zero-order valence-electron chi connectivity index (χ0n) is 10.1. The summed E-state index contributed by atoms with van der Waals surface area (Å²) in [6.07, 6.45) is 1.37. The molecule has 92 valence electrons. The molecule has 0 heterocycles. The number of benzene rings is 1. The quantitative estimate of drug-likeness (QED) is 0.427. The van der Waals surface area contributed by atoms with Gasteiger partial charge < -0.3 is 15.5 Å². The summed E-state index contributed by atoms with van der Waals surface area (Å²) in [4.78, 5) is 11.5. The van der Waals surface area contributed by atoms with Crippen LogP contribution in [-0.4, -0.2) is 16.1 Å². The molecule has 3 N–H and O–H groups in total. The molecule has 0 radical (unpaired) electrons. The van der Waals surface area contributed by atoms with E-state index >= 15 is 0 Å². The minimum Gasteiger partial charge on any atom is -0.508 e. The second-order valence-corrected chi connectivity index (χ2v) is 3.94. The average Bonchev–Trinajstić information content (AvgIpc) is 2.28. The highest BCUT2D eigenvalue weighted by Gasteiger charge is 2.14. The van der Waals surface area contributed by atoms with E-state index in [1.165, 1.54) is 12.1 Å². The molecule has 0 aliphatic heterocycles. The van der Waals surface area contributed by atoms with Crippen molar-refractivity contribution < 1.29 is 15.0 Å². The van der Waals surface area contributed by atoms with Gasteiger partial charge in [0.1, 0.15) is 11.5 Å². The first kappa shape index (κ1) is 13.1. The lowest BCUT2D eigenvalue weighted by atomic mass is 10.1. The largest absolute Gasteiger partial charge is 0.508 e. The second kappa shape index (κ2) is 5.39. The van der Waals surface area contributed by atoms with Crippen LogP contribution in [0, 0.1) is 0 Å². The zero-order chi connectivity index (χ0) is 13.0. The number of phenolic OH excluding ortho intramolecular Hbond substituents is 2. The number of hydrogen-bond donors (Lipinski definition) is 3. The smallest absolute Gasteiger partial charge is 0.250 e. The lowest BCUT2D eigenvalue weighted by Crippen LogP contribution is -2.13. The standard InChI is InChI=1S/C13H17NO3/c1-4-5-9-10(15)6-7-11(16)12(9)14-13(17)8(2)3/h6-7,15-16H,2,4-5H2,1,3H3,(H,14,17). The Morgan fingerprint density at radius 3 is 2.47 bits per heavy atom. The summed E-state index contributed by atoms with van der Waals surface area (Å²) in [5, 5.41) is 22.0. The minimum atomic E-state index is -0.372. The van der Waals surface area contributed by atoms with Crippen molar-refractivity contribution in [3.63, 3.8) is 0 Å². The Morgan fingerprint density at radius 2 is 1.94 bits per heavy atom. The summed E-state index contributed by atoms with van der Waals surface area (Å²) in [6, 6.07) is 2.76. The second-order valence-electron chi connectivity index (χ2n) is 3.94. The Labute approximate surface area is 101 Å². The molecule has 0 saturated carbocycles. The Hall–Kier alpha value is -1.97. The van der Waals surface area contributed by atoms with Crippen molar-refractivity contribution in [1.29, 1.82) is 0 Å². The maximum absolute atomic E-state index is 11.5.